The molecular weight excluding hydrogens is 352 g/mol. The number of hydrogen-bond donors (Lipinski definition) is 1. The fourth-order valence-electron chi connectivity index (χ4n) is 3.56. The summed E-state index contributed by atoms with van der Waals surface area (Å²) >= 11 is 0. The summed E-state index contributed by atoms with van der Waals surface area (Å²) in [5, 5.41) is 0. The molecule has 0 fully saturated rings. The van der Waals surface area contributed by atoms with Crippen molar-refractivity contribution in [2.75, 3.05) is 13.0 Å². The van der Waals surface area contributed by atoms with Crippen molar-refractivity contribution in [1.29, 1.82) is 0 Å². The summed E-state index contributed by atoms with van der Waals surface area (Å²) in [6.07, 6.45) is 1.15. The molecule has 28 heavy (non-hydrogen) atoms. The second-order valence-corrected chi connectivity index (χ2v) is 6.65. The van der Waals surface area contributed by atoms with E-state index in [4.69, 9.17) is 10.6 Å². The van der Waals surface area contributed by atoms with E-state index in [1.807, 2.05) is 55.5 Å². The molecule has 0 atom stereocenters. The summed E-state index contributed by atoms with van der Waals surface area (Å²) in [5.74, 6) is 5.37. The largest absolute Gasteiger partial charge is 0.465 e. The van der Waals surface area contributed by atoms with Gasteiger partial charge in [0.2, 0.25) is 0 Å². The number of nitrogens with zero attached hydrogens (tertiary/aromatic N) is 1. The zero-order chi connectivity index (χ0) is 20.3. The monoisotopic (exact) mass is 376 g/mol. The molecular formula is C23H24N2O3. The lowest BCUT2D eigenvalue weighted by Crippen LogP contribution is -2.15. The van der Waals surface area contributed by atoms with Crippen molar-refractivity contribution in [3.63, 3.8) is 0 Å². The van der Waals surface area contributed by atoms with Crippen LogP contribution in [0, 0.1) is 6.92 Å². The summed E-state index contributed by atoms with van der Waals surface area (Å²) in [4.78, 5) is 26.0. The number of ketones is 1. The van der Waals surface area contributed by atoms with Gasteiger partial charge in [0.15, 0.2) is 5.78 Å². The number of esters is 1. The first-order chi connectivity index (χ1) is 13.5. The normalized spacial score (nSPS) is 10.7. The molecule has 0 saturated carbocycles. The van der Waals surface area contributed by atoms with Gasteiger partial charge in [-0.25, -0.2) is 4.79 Å². The van der Waals surface area contributed by atoms with Crippen LogP contribution in [0.15, 0.2) is 54.6 Å². The molecule has 0 aliphatic carbocycles. The van der Waals surface area contributed by atoms with Crippen molar-refractivity contribution in [2.24, 2.45) is 0 Å². The van der Waals surface area contributed by atoms with Gasteiger partial charge in [-0.15, -0.1) is 0 Å². The van der Waals surface area contributed by atoms with Crippen LogP contribution in [-0.4, -0.2) is 23.5 Å². The van der Waals surface area contributed by atoms with Crippen LogP contribution in [-0.2, 0) is 17.6 Å². The second kappa shape index (κ2) is 8.13. The Bertz CT molecular complexity index is 1020. The van der Waals surface area contributed by atoms with Gasteiger partial charge in [0, 0.05) is 5.56 Å². The highest BCUT2D eigenvalue weighted by Crippen LogP contribution is 2.27. The van der Waals surface area contributed by atoms with Crippen LogP contribution in [0.25, 0.3) is 0 Å². The smallest absolute Gasteiger partial charge is 0.340 e. The van der Waals surface area contributed by atoms with E-state index in [1.54, 1.807) is 13.0 Å². The Morgan fingerprint density at radius 1 is 1.00 bits per heavy atom. The number of benzene rings is 2. The van der Waals surface area contributed by atoms with Gasteiger partial charge in [0.05, 0.1) is 29.6 Å². The van der Waals surface area contributed by atoms with E-state index in [0.29, 0.717) is 35.4 Å². The highest BCUT2D eigenvalue weighted by Gasteiger charge is 2.30. The van der Waals surface area contributed by atoms with Gasteiger partial charge >= 0.3 is 5.97 Å². The number of carbonyl (C=O) groups is 2. The van der Waals surface area contributed by atoms with Crippen LogP contribution >= 0.6 is 0 Å². The molecule has 0 spiro atoms. The van der Waals surface area contributed by atoms with Crippen LogP contribution in [0.4, 0.5) is 0 Å². The molecule has 1 aromatic heterocycles. The minimum absolute atomic E-state index is 0.212. The molecule has 2 N–H and O–H groups in total. The van der Waals surface area contributed by atoms with Gasteiger partial charge in [-0.05, 0) is 30.9 Å². The SMILES string of the molecule is CCc1c(C(=O)c2ccccc2Cc2ccccc2)c(C(=O)OC)c(C)n1N. The first-order valence-corrected chi connectivity index (χ1v) is 9.23. The van der Waals surface area contributed by atoms with Crippen molar-refractivity contribution in [3.8, 4) is 0 Å². The van der Waals surface area contributed by atoms with E-state index < -0.39 is 5.97 Å². The van der Waals surface area contributed by atoms with Crippen LogP contribution in [0.5, 0.6) is 0 Å². The van der Waals surface area contributed by atoms with Crippen LogP contribution in [0.1, 0.15) is 55.7 Å². The zero-order valence-corrected chi connectivity index (χ0v) is 16.4. The summed E-state index contributed by atoms with van der Waals surface area (Å²) in [6, 6.07) is 17.4. The molecule has 2 aromatic carbocycles. The Labute approximate surface area is 164 Å². The lowest BCUT2D eigenvalue weighted by atomic mass is 9.92. The van der Waals surface area contributed by atoms with Gasteiger partial charge in [-0.1, -0.05) is 61.5 Å². The number of aromatic nitrogens is 1. The predicted octanol–water partition coefficient (Wildman–Crippen LogP) is 3.68. The molecule has 0 bridgehead atoms. The van der Waals surface area contributed by atoms with E-state index in [-0.39, 0.29) is 11.3 Å². The number of hydrogen-bond acceptors (Lipinski definition) is 4. The van der Waals surface area contributed by atoms with Gasteiger partial charge in [0.25, 0.3) is 0 Å². The third-order valence-electron chi connectivity index (χ3n) is 5.00. The molecule has 0 radical (unpaired) electrons. The number of rotatable bonds is 6. The van der Waals surface area contributed by atoms with E-state index in [1.165, 1.54) is 11.8 Å². The second-order valence-electron chi connectivity index (χ2n) is 6.65. The van der Waals surface area contributed by atoms with Crippen LogP contribution in [0.2, 0.25) is 0 Å². The van der Waals surface area contributed by atoms with Crippen molar-refractivity contribution >= 4 is 11.8 Å². The molecule has 5 nitrogen and oxygen atoms in total. The quantitative estimate of drug-likeness (QED) is 0.405. The lowest BCUT2D eigenvalue weighted by Gasteiger charge is -2.11. The Morgan fingerprint density at radius 2 is 1.64 bits per heavy atom. The molecule has 0 unspecified atom stereocenters. The number of ether oxygens (including phenoxy) is 1. The predicted molar refractivity (Wildman–Crippen MR) is 109 cm³/mol. The number of methoxy groups -OCH3 is 1. The number of carbonyl (C=O) groups excluding carboxylic acids is 2. The Kier molecular flexibility index (Phi) is 5.64. The van der Waals surface area contributed by atoms with Gasteiger partial charge < -0.3 is 10.6 Å². The molecule has 0 amide bonds. The molecule has 0 aliphatic heterocycles. The van der Waals surface area contributed by atoms with E-state index in [9.17, 15) is 9.59 Å². The Hall–Kier alpha value is -3.34. The average molecular weight is 376 g/mol. The van der Waals surface area contributed by atoms with Crippen LogP contribution in [0.3, 0.4) is 0 Å². The molecule has 144 valence electrons. The van der Waals surface area contributed by atoms with Crippen LogP contribution < -0.4 is 5.84 Å². The van der Waals surface area contributed by atoms with Crippen molar-refractivity contribution < 1.29 is 14.3 Å². The summed E-state index contributed by atoms with van der Waals surface area (Å²) in [7, 11) is 1.30. The maximum atomic E-state index is 13.6. The molecule has 3 rings (SSSR count). The van der Waals surface area contributed by atoms with Crippen molar-refractivity contribution in [1.82, 2.24) is 4.68 Å². The molecule has 0 saturated heterocycles. The summed E-state index contributed by atoms with van der Waals surface area (Å²) in [5.41, 5.74) is 4.29. The topological polar surface area (TPSA) is 74.3 Å². The first kappa shape index (κ1) is 19.4. The minimum atomic E-state index is -0.555. The summed E-state index contributed by atoms with van der Waals surface area (Å²) < 4.78 is 6.34. The molecule has 1 heterocycles. The number of nitrogen functional groups attached to an aromatic ring is 1. The van der Waals surface area contributed by atoms with E-state index in [2.05, 4.69) is 0 Å². The highest BCUT2D eigenvalue weighted by molar-refractivity contribution is 6.16. The van der Waals surface area contributed by atoms with Crippen molar-refractivity contribution in [3.05, 3.63) is 93.8 Å². The van der Waals surface area contributed by atoms with Gasteiger partial charge in [-0.3, -0.25) is 9.47 Å². The van der Waals surface area contributed by atoms with E-state index in [0.717, 1.165) is 11.1 Å². The zero-order valence-electron chi connectivity index (χ0n) is 16.4. The maximum absolute atomic E-state index is 13.6. The molecule has 5 heteroatoms. The molecule has 0 aliphatic rings. The van der Waals surface area contributed by atoms with Gasteiger partial charge in [-0.2, -0.15) is 0 Å². The van der Waals surface area contributed by atoms with Gasteiger partial charge in [0.1, 0.15) is 0 Å². The highest BCUT2D eigenvalue weighted by atomic mass is 16.5. The fraction of sp³-hybridized carbons (Fsp3) is 0.217. The fourth-order valence-corrected chi connectivity index (χ4v) is 3.56. The molecule has 3 aromatic rings. The summed E-state index contributed by atoms with van der Waals surface area (Å²) in [6.45, 7) is 3.63. The number of nitrogens with two attached hydrogens (primary N) is 1. The third-order valence-corrected chi connectivity index (χ3v) is 5.00. The average Bonchev–Trinajstić information content (AvgIpc) is 2.98. The van der Waals surface area contributed by atoms with Crippen molar-refractivity contribution in [2.45, 2.75) is 26.7 Å². The third kappa shape index (κ3) is 3.43. The minimum Gasteiger partial charge on any atom is -0.465 e. The standard InChI is InChI=1S/C23H24N2O3/c1-4-19-21(20(23(27)28-3)15(2)25(19)24)22(26)18-13-9-8-12-17(18)14-16-10-6-5-7-11-16/h5-13H,4,14,24H2,1-3H3. The lowest BCUT2D eigenvalue weighted by molar-refractivity contribution is 0.0596. The first-order valence-electron chi connectivity index (χ1n) is 9.23. The van der Waals surface area contributed by atoms with E-state index >= 15 is 0 Å². The Morgan fingerprint density at radius 3 is 2.29 bits per heavy atom. The Balaban J connectivity index is 2.14. The maximum Gasteiger partial charge on any atom is 0.340 e.